The molecule has 6 heteroatoms. The number of aliphatic carboxylic acids is 1. The van der Waals surface area contributed by atoms with E-state index in [4.69, 9.17) is 0 Å². The third kappa shape index (κ3) is 4.65. The van der Waals surface area contributed by atoms with Crippen LogP contribution in [0.5, 0.6) is 0 Å². The van der Waals surface area contributed by atoms with E-state index >= 15 is 0 Å². The molecular formula is C14H24F3NO2. The van der Waals surface area contributed by atoms with E-state index in [-0.39, 0.29) is 12.6 Å². The van der Waals surface area contributed by atoms with Gasteiger partial charge in [0, 0.05) is 12.6 Å². The highest BCUT2D eigenvalue weighted by Crippen LogP contribution is 2.40. The average molecular weight is 295 g/mol. The maximum atomic E-state index is 12.6. The maximum absolute atomic E-state index is 12.6. The Balaban J connectivity index is 2.84. The van der Waals surface area contributed by atoms with Crippen molar-refractivity contribution >= 4 is 5.97 Å². The molecule has 0 aromatic heterocycles. The molecule has 0 bridgehead atoms. The van der Waals surface area contributed by atoms with Gasteiger partial charge in [0.05, 0.1) is 12.0 Å². The lowest BCUT2D eigenvalue weighted by molar-refractivity contribution is -0.166. The van der Waals surface area contributed by atoms with Crippen LogP contribution < -0.4 is 0 Å². The van der Waals surface area contributed by atoms with E-state index in [0.717, 1.165) is 12.8 Å². The van der Waals surface area contributed by atoms with E-state index in [1.165, 1.54) is 4.90 Å². The van der Waals surface area contributed by atoms with E-state index in [2.05, 4.69) is 6.92 Å². The molecule has 20 heavy (non-hydrogen) atoms. The third-order valence-electron chi connectivity index (χ3n) is 4.30. The summed E-state index contributed by atoms with van der Waals surface area (Å²) in [4.78, 5) is 12.8. The van der Waals surface area contributed by atoms with Crippen LogP contribution in [0.1, 0.15) is 46.5 Å². The third-order valence-corrected chi connectivity index (χ3v) is 4.30. The fourth-order valence-corrected chi connectivity index (χ4v) is 2.79. The Kier molecular flexibility index (Phi) is 5.46. The predicted molar refractivity (Wildman–Crippen MR) is 70.5 cm³/mol. The van der Waals surface area contributed by atoms with Gasteiger partial charge in [-0.3, -0.25) is 9.69 Å². The van der Waals surface area contributed by atoms with Crippen LogP contribution in [0.3, 0.4) is 0 Å². The van der Waals surface area contributed by atoms with Gasteiger partial charge < -0.3 is 5.11 Å². The summed E-state index contributed by atoms with van der Waals surface area (Å²) in [6, 6.07) is -0.327. The second-order valence-electron chi connectivity index (χ2n) is 6.38. The van der Waals surface area contributed by atoms with Gasteiger partial charge in [0.2, 0.25) is 0 Å². The fraction of sp³-hybridized carbons (Fsp3) is 0.929. The van der Waals surface area contributed by atoms with Crippen LogP contribution in [0.4, 0.5) is 13.2 Å². The van der Waals surface area contributed by atoms with Crippen molar-refractivity contribution in [2.45, 2.75) is 58.7 Å². The molecule has 1 aliphatic carbocycles. The molecule has 1 rings (SSSR count). The lowest BCUT2D eigenvalue weighted by Gasteiger charge is -2.41. The Bertz CT molecular complexity index is 334. The highest BCUT2D eigenvalue weighted by molar-refractivity contribution is 5.75. The molecule has 0 aliphatic heterocycles. The molecule has 0 unspecified atom stereocenters. The van der Waals surface area contributed by atoms with Crippen LogP contribution in [0.15, 0.2) is 0 Å². The first-order valence-corrected chi connectivity index (χ1v) is 7.10. The first kappa shape index (κ1) is 17.3. The number of hydrogen-bond acceptors (Lipinski definition) is 2. The van der Waals surface area contributed by atoms with Crippen LogP contribution in [-0.4, -0.2) is 41.3 Å². The summed E-state index contributed by atoms with van der Waals surface area (Å²) >= 11 is 0. The van der Waals surface area contributed by atoms with E-state index < -0.39 is 24.1 Å². The number of rotatable bonds is 5. The van der Waals surface area contributed by atoms with E-state index in [1.54, 1.807) is 13.8 Å². The Morgan fingerprint density at radius 3 is 2.20 bits per heavy atom. The van der Waals surface area contributed by atoms with Gasteiger partial charge in [-0.15, -0.1) is 0 Å². The van der Waals surface area contributed by atoms with Crippen molar-refractivity contribution in [2.75, 3.05) is 13.1 Å². The summed E-state index contributed by atoms with van der Waals surface area (Å²) in [5, 5.41) is 9.50. The maximum Gasteiger partial charge on any atom is 0.401 e. The molecule has 0 heterocycles. The lowest BCUT2D eigenvalue weighted by atomic mass is 9.70. The van der Waals surface area contributed by atoms with Gasteiger partial charge in [-0.2, -0.15) is 13.2 Å². The number of carboxylic acids is 1. The van der Waals surface area contributed by atoms with Crippen LogP contribution in [0, 0.1) is 11.3 Å². The van der Waals surface area contributed by atoms with Crippen molar-refractivity contribution in [3.05, 3.63) is 0 Å². The molecule has 1 saturated carbocycles. The SMILES string of the molecule is CC1CCC(CN(CC(F)(F)F)C(C)C)(C(=O)O)CC1. The molecule has 0 aromatic rings. The minimum atomic E-state index is -4.30. The number of halogens is 3. The first-order valence-electron chi connectivity index (χ1n) is 7.10. The highest BCUT2D eigenvalue weighted by atomic mass is 19.4. The smallest absolute Gasteiger partial charge is 0.401 e. The van der Waals surface area contributed by atoms with E-state index in [1.807, 2.05) is 0 Å². The van der Waals surface area contributed by atoms with Gasteiger partial charge in [-0.1, -0.05) is 6.92 Å². The summed E-state index contributed by atoms with van der Waals surface area (Å²) in [5.74, 6) is -0.505. The molecule has 118 valence electrons. The van der Waals surface area contributed by atoms with Gasteiger partial charge in [0.1, 0.15) is 0 Å². The molecule has 0 radical (unpaired) electrons. The molecular weight excluding hydrogens is 271 g/mol. The van der Waals surface area contributed by atoms with Gasteiger partial charge in [-0.05, 0) is 45.4 Å². The van der Waals surface area contributed by atoms with E-state index in [0.29, 0.717) is 18.8 Å². The van der Waals surface area contributed by atoms with Gasteiger partial charge >= 0.3 is 12.1 Å². The molecule has 0 amide bonds. The molecule has 0 aromatic carbocycles. The van der Waals surface area contributed by atoms with Crippen LogP contribution in [0.25, 0.3) is 0 Å². The van der Waals surface area contributed by atoms with Crippen molar-refractivity contribution in [3.8, 4) is 0 Å². The number of hydrogen-bond donors (Lipinski definition) is 1. The number of alkyl halides is 3. The zero-order valence-electron chi connectivity index (χ0n) is 12.3. The minimum absolute atomic E-state index is 0.0216. The van der Waals surface area contributed by atoms with Crippen LogP contribution >= 0.6 is 0 Å². The van der Waals surface area contributed by atoms with Crippen LogP contribution in [-0.2, 0) is 4.79 Å². The van der Waals surface area contributed by atoms with Gasteiger partial charge in [0.15, 0.2) is 0 Å². The van der Waals surface area contributed by atoms with Gasteiger partial charge in [0.25, 0.3) is 0 Å². The summed E-state index contributed by atoms with van der Waals surface area (Å²) in [5.41, 5.74) is -1.03. The topological polar surface area (TPSA) is 40.5 Å². The highest BCUT2D eigenvalue weighted by Gasteiger charge is 2.44. The first-order chi connectivity index (χ1) is 9.06. The Morgan fingerprint density at radius 2 is 1.85 bits per heavy atom. The summed E-state index contributed by atoms with van der Waals surface area (Å²) < 4.78 is 37.9. The normalized spacial score (nSPS) is 28.1. The number of nitrogens with zero attached hydrogens (tertiary/aromatic N) is 1. The zero-order chi connectivity index (χ0) is 15.6. The molecule has 1 N–H and O–H groups in total. The molecule has 3 nitrogen and oxygen atoms in total. The van der Waals surface area contributed by atoms with E-state index in [9.17, 15) is 23.1 Å². The standard InChI is InChI=1S/C14H24F3NO2/c1-10(2)18(9-14(15,16)17)8-13(12(19)20)6-4-11(3)5-7-13/h10-11H,4-9H2,1-3H3,(H,19,20). The second kappa shape index (κ2) is 6.33. The number of carboxylic acid groups (broad SMARTS) is 1. The molecule has 1 fully saturated rings. The molecule has 1 aliphatic rings. The quantitative estimate of drug-likeness (QED) is 0.843. The van der Waals surface area contributed by atoms with Crippen molar-refractivity contribution in [1.29, 1.82) is 0 Å². The Labute approximate surface area is 118 Å². The predicted octanol–water partition coefficient (Wildman–Crippen LogP) is 3.54. The molecule has 0 spiro atoms. The molecule has 0 saturated heterocycles. The van der Waals surface area contributed by atoms with Crippen molar-refractivity contribution in [1.82, 2.24) is 4.90 Å². The zero-order valence-corrected chi connectivity index (χ0v) is 12.3. The average Bonchev–Trinajstić information content (AvgIpc) is 2.29. The Morgan fingerprint density at radius 1 is 1.35 bits per heavy atom. The fourth-order valence-electron chi connectivity index (χ4n) is 2.79. The van der Waals surface area contributed by atoms with Gasteiger partial charge in [-0.25, -0.2) is 0 Å². The largest absolute Gasteiger partial charge is 0.481 e. The summed E-state index contributed by atoms with van der Waals surface area (Å²) in [6.07, 6.45) is -1.84. The van der Waals surface area contributed by atoms with Crippen LogP contribution in [0.2, 0.25) is 0 Å². The molecule has 0 atom stereocenters. The monoisotopic (exact) mass is 295 g/mol. The summed E-state index contributed by atoms with van der Waals surface area (Å²) in [6.45, 7) is 4.34. The minimum Gasteiger partial charge on any atom is -0.481 e. The second-order valence-corrected chi connectivity index (χ2v) is 6.38. The van der Waals surface area contributed by atoms with Crippen molar-refractivity contribution in [3.63, 3.8) is 0 Å². The van der Waals surface area contributed by atoms with Crippen molar-refractivity contribution < 1.29 is 23.1 Å². The number of carbonyl (C=O) groups is 1. The summed E-state index contributed by atoms with van der Waals surface area (Å²) in [7, 11) is 0. The lowest BCUT2D eigenvalue weighted by Crippen LogP contribution is -2.50. The van der Waals surface area contributed by atoms with Crippen molar-refractivity contribution in [2.24, 2.45) is 11.3 Å². The Hall–Kier alpha value is -0.780.